The van der Waals surface area contributed by atoms with E-state index in [1.165, 1.54) is 0 Å². The van der Waals surface area contributed by atoms with E-state index in [4.69, 9.17) is 27.9 Å². The Morgan fingerprint density at radius 3 is 2.33 bits per heavy atom. The first-order valence-electron chi connectivity index (χ1n) is 5.59. The summed E-state index contributed by atoms with van der Waals surface area (Å²) in [7, 11) is 1.69. The summed E-state index contributed by atoms with van der Waals surface area (Å²) < 4.78 is 5.34. The van der Waals surface area contributed by atoms with Gasteiger partial charge in [0, 0.05) is 0 Å². The van der Waals surface area contributed by atoms with Crippen LogP contribution in [0.15, 0.2) is 18.2 Å². The third kappa shape index (κ3) is 4.16. The zero-order valence-corrected chi connectivity index (χ0v) is 12.4. The predicted octanol–water partition coefficient (Wildman–Crippen LogP) is 3.60. The smallest absolute Gasteiger partial charge is 0.328 e. The fourth-order valence-electron chi connectivity index (χ4n) is 1.47. The van der Waals surface area contributed by atoms with Crippen molar-refractivity contribution in [3.8, 4) is 0 Å². The highest BCUT2D eigenvalue weighted by molar-refractivity contribution is 6.42. The number of benzene rings is 1. The summed E-state index contributed by atoms with van der Waals surface area (Å²) in [6.45, 7) is 5.48. The molecule has 1 atom stereocenters. The summed E-state index contributed by atoms with van der Waals surface area (Å²) in [4.78, 5) is 12.0. The van der Waals surface area contributed by atoms with E-state index in [9.17, 15) is 4.79 Å². The van der Waals surface area contributed by atoms with E-state index in [1.807, 2.05) is 20.8 Å². The van der Waals surface area contributed by atoms with Crippen LogP contribution in [0.4, 0.5) is 0 Å². The Morgan fingerprint density at radius 2 is 1.89 bits per heavy atom. The van der Waals surface area contributed by atoms with Gasteiger partial charge < -0.3 is 10.1 Å². The van der Waals surface area contributed by atoms with Gasteiger partial charge >= 0.3 is 5.97 Å². The van der Waals surface area contributed by atoms with Gasteiger partial charge in [0.15, 0.2) is 0 Å². The zero-order chi connectivity index (χ0) is 13.9. The molecule has 0 amide bonds. The quantitative estimate of drug-likeness (QED) is 0.864. The van der Waals surface area contributed by atoms with Crippen molar-refractivity contribution in [2.45, 2.75) is 32.4 Å². The van der Waals surface area contributed by atoms with E-state index in [-0.39, 0.29) is 5.97 Å². The Kier molecular flexibility index (Phi) is 5.02. The molecular formula is C13H17Cl2NO2. The van der Waals surface area contributed by atoms with Gasteiger partial charge in [-0.2, -0.15) is 0 Å². The van der Waals surface area contributed by atoms with Crippen LogP contribution in [-0.4, -0.2) is 18.6 Å². The number of halogens is 2. The van der Waals surface area contributed by atoms with E-state index in [1.54, 1.807) is 25.2 Å². The van der Waals surface area contributed by atoms with Crippen molar-refractivity contribution >= 4 is 29.2 Å². The van der Waals surface area contributed by atoms with Gasteiger partial charge in [0.05, 0.1) is 10.0 Å². The Hall–Kier alpha value is -0.770. The minimum absolute atomic E-state index is 0.344. The number of nitrogens with one attached hydrogen (secondary N) is 1. The first kappa shape index (κ1) is 15.3. The van der Waals surface area contributed by atoms with E-state index in [0.717, 1.165) is 5.56 Å². The summed E-state index contributed by atoms with van der Waals surface area (Å²) in [6, 6.07) is 4.52. The fourth-order valence-corrected chi connectivity index (χ4v) is 1.78. The second kappa shape index (κ2) is 5.91. The summed E-state index contributed by atoms with van der Waals surface area (Å²) >= 11 is 11.8. The Balaban J connectivity index is 2.95. The number of esters is 1. The molecule has 5 heteroatoms. The minimum atomic E-state index is -0.556. The molecule has 0 aromatic heterocycles. The highest BCUT2D eigenvalue weighted by atomic mass is 35.5. The molecular weight excluding hydrogens is 273 g/mol. The molecule has 0 saturated heterocycles. The van der Waals surface area contributed by atoms with E-state index >= 15 is 0 Å². The van der Waals surface area contributed by atoms with Crippen molar-refractivity contribution < 1.29 is 9.53 Å². The van der Waals surface area contributed by atoms with Crippen LogP contribution in [0.3, 0.4) is 0 Å². The van der Waals surface area contributed by atoms with Gasteiger partial charge in [0.25, 0.3) is 0 Å². The topological polar surface area (TPSA) is 38.3 Å². The van der Waals surface area contributed by atoms with Crippen LogP contribution in [0.1, 0.15) is 32.4 Å². The maximum atomic E-state index is 12.0. The van der Waals surface area contributed by atoms with Gasteiger partial charge in [-0.05, 0) is 45.5 Å². The molecule has 0 fully saturated rings. The number of ether oxygens (including phenoxy) is 1. The second-order valence-corrected chi connectivity index (χ2v) is 5.74. The number of carbonyl (C=O) groups excluding carboxylic acids is 1. The average molecular weight is 290 g/mol. The summed E-state index contributed by atoms with van der Waals surface area (Å²) in [5, 5.41) is 3.78. The van der Waals surface area contributed by atoms with Crippen molar-refractivity contribution in [1.82, 2.24) is 5.32 Å². The SMILES string of the molecule is CNC(C(=O)OC(C)(C)C)c1ccc(Cl)c(Cl)c1. The fraction of sp³-hybridized carbons (Fsp3) is 0.462. The van der Waals surface area contributed by atoms with E-state index < -0.39 is 11.6 Å². The molecule has 0 aliphatic carbocycles. The van der Waals surface area contributed by atoms with Crippen molar-refractivity contribution in [2.24, 2.45) is 0 Å². The molecule has 3 nitrogen and oxygen atoms in total. The lowest BCUT2D eigenvalue weighted by Crippen LogP contribution is -2.33. The highest BCUT2D eigenvalue weighted by Gasteiger charge is 2.25. The summed E-state index contributed by atoms with van der Waals surface area (Å²) in [6.07, 6.45) is 0. The number of carbonyl (C=O) groups is 1. The van der Waals surface area contributed by atoms with E-state index in [2.05, 4.69) is 5.32 Å². The molecule has 0 saturated carbocycles. The molecule has 1 rings (SSSR count). The van der Waals surface area contributed by atoms with Gasteiger partial charge in [-0.3, -0.25) is 0 Å². The number of hydrogen-bond donors (Lipinski definition) is 1. The average Bonchev–Trinajstić information content (AvgIpc) is 2.21. The largest absolute Gasteiger partial charge is 0.459 e. The van der Waals surface area contributed by atoms with Crippen LogP contribution in [0.2, 0.25) is 10.0 Å². The van der Waals surface area contributed by atoms with Crippen molar-refractivity contribution in [1.29, 1.82) is 0 Å². The van der Waals surface area contributed by atoms with Gasteiger partial charge in [-0.25, -0.2) is 4.79 Å². The molecule has 0 spiro atoms. The second-order valence-electron chi connectivity index (χ2n) is 4.93. The lowest BCUT2D eigenvalue weighted by Gasteiger charge is -2.24. The van der Waals surface area contributed by atoms with Crippen LogP contribution in [0.25, 0.3) is 0 Å². The van der Waals surface area contributed by atoms with Crippen LogP contribution in [-0.2, 0) is 9.53 Å². The first-order valence-corrected chi connectivity index (χ1v) is 6.35. The van der Waals surface area contributed by atoms with Gasteiger partial charge in [0.1, 0.15) is 11.6 Å². The molecule has 1 unspecified atom stereocenters. The van der Waals surface area contributed by atoms with Crippen molar-refractivity contribution in [2.75, 3.05) is 7.05 Å². The van der Waals surface area contributed by atoms with Crippen molar-refractivity contribution in [3.63, 3.8) is 0 Å². The zero-order valence-electron chi connectivity index (χ0n) is 10.9. The highest BCUT2D eigenvalue weighted by Crippen LogP contribution is 2.26. The third-order valence-corrected chi connectivity index (χ3v) is 2.95. The van der Waals surface area contributed by atoms with Gasteiger partial charge in [-0.15, -0.1) is 0 Å². The van der Waals surface area contributed by atoms with Crippen LogP contribution in [0, 0.1) is 0 Å². The summed E-state index contributed by atoms with van der Waals surface area (Å²) in [5.41, 5.74) is 0.198. The molecule has 0 radical (unpaired) electrons. The molecule has 1 aromatic carbocycles. The predicted molar refractivity (Wildman–Crippen MR) is 74.1 cm³/mol. The molecule has 100 valence electrons. The molecule has 1 aromatic rings. The third-order valence-electron chi connectivity index (χ3n) is 2.21. The lowest BCUT2D eigenvalue weighted by molar-refractivity contribution is -0.157. The number of rotatable bonds is 3. The van der Waals surface area contributed by atoms with Gasteiger partial charge in [0.2, 0.25) is 0 Å². The first-order chi connectivity index (χ1) is 8.24. The Morgan fingerprint density at radius 1 is 1.28 bits per heavy atom. The standard InChI is InChI=1S/C13H17Cl2NO2/c1-13(2,3)18-12(17)11(16-4)8-5-6-9(14)10(15)7-8/h5-7,11,16H,1-4H3. The lowest BCUT2D eigenvalue weighted by atomic mass is 10.1. The Bertz CT molecular complexity index is 441. The number of hydrogen-bond acceptors (Lipinski definition) is 3. The maximum Gasteiger partial charge on any atom is 0.328 e. The van der Waals surface area contributed by atoms with Crippen LogP contribution in [0.5, 0.6) is 0 Å². The van der Waals surface area contributed by atoms with Gasteiger partial charge in [-0.1, -0.05) is 29.3 Å². The molecule has 0 bridgehead atoms. The molecule has 1 N–H and O–H groups in total. The maximum absolute atomic E-state index is 12.0. The normalized spacial score (nSPS) is 13.2. The molecule has 0 aliphatic rings. The number of likely N-dealkylation sites (N-methyl/N-ethyl adjacent to an activating group) is 1. The molecule has 0 heterocycles. The van der Waals surface area contributed by atoms with E-state index in [0.29, 0.717) is 10.0 Å². The summed E-state index contributed by atoms with van der Waals surface area (Å²) in [5.74, 6) is -0.344. The van der Waals surface area contributed by atoms with Crippen LogP contribution < -0.4 is 5.32 Å². The minimum Gasteiger partial charge on any atom is -0.459 e. The van der Waals surface area contributed by atoms with Crippen molar-refractivity contribution in [3.05, 3.63) is 33.8 Å². The monoisotopic (exact) mass is 289 g/mol. The Labute approximate surface area is 117 Å². The van der Waals surface area contributed by atoms with Crippen LogP contribution >= 0.6 is 23.2 Å². The molecule has 18 heavy (non-hydrogen) atoms. The molecule has 0 aliphatic heterocycles.